The molecule has 46 heavy (non-hydrogen) atoms. The number of nitrogens with zero attached hydrogens (tertiary/aromatic N) is 5. The van der Waals surface area contributed by atoms with Gasteiger partial charge in [0.15, 0.2) is 23.6 Å². The van der Waals surface area contributed by atoms with Gasteiger partial charge >= 0.3 is 6.01 Å². The van der Waals surface area contributed by atoms with Crippen molar-refractivity contribution in [1.82, 2.24) is 19.9 Å². The van der Waals surface area contributed by atoms with E-state index in [1.807, 2.05) is 0 Å². The van der Waals surface area contributed by atoms with E-state index in [2.05, 4.69) is 20.9 Å². The number of anilines is 2. The predicted molar refractivity (Wildman–Crippen MR) is 161 cm³/mol. The number of hydrogen-bond donors (Lipinski definition) is 1. The lowest BCUT2D eigenvalue weighted by Gasteiger charge is -2.31. The number of terminal acetylenes is 1. The Morgan fingerprint density at radius 2 is 2.00 bits per heavy atom. The lowest BCUT2D eigenvalue weighted by atomic mass is 9.95. The first-order valence-corrected chi connectivity index (χ1v) is 15.1. The molecule has 13 heteroatoms. The Balaban J connectivity index is 1.33. The smallest absolute Gasteiger partial charge is 0.319 e. The molecule has 0 amide bonds. The van der Waals surface area contributed by atoms with Crippen LogP contribution in [0.4, 0.5) is 33.5 Å². The summed E-state index contributed by atoms with van der Waals surface area (Å²) in [5.74, 6) is -1.36. The van der Waals surface area contributed by atoms with Crippen molar-refractivity contribution in [3.8, 4) is 29.6 Å². The Hall–Kier alpha value is -4.28. The fourth-order valence-electron chi connectivity index (χ4n) is 7.33. The van der Waals surface area contributed by atoms with E-state index >= 15 is 4.39 Å². The molecule has 8 rings (SSSR count). The number of nitrogen functional groups attached to an aromatic ring is 1. The van der Waals surface area contributed by atoms with Gasteiger partial charge in [-0.1, -0.05) is 5.92 Å². The minimum Gasteiger partial charge on any atom is -0.461 e. The minimum absolute atomic E-state index is 0.00775. The van der Waals surface area contributed by atoms with Gasteiger partial charge in [0.2, 0.25) is 0 Å². The summed E-state index contributed by atoms with van der Waals surface area (Å²) in [5.41, 5.74) is 3.68. The molecule has 5 atom stereocenters. The highest BCUT2D eigenvalue weighted by molar-refractivity contribution is 6.04. The molecule has 4 fully saturated rings. The predicted octanol–water partition coefficient (Wildman–Crippen LogP) is 5.10. The van der Waals surface area contributed by atoms with Crippen molar-refractivity contribution in [2.75, 3.05) is 43.4 Å². The van der Waals surface area contributed by atoms with Gasteiger partial charge in [-0.3, -0.25) is 9.88 Å². The molecule has 238 valence electrons. The van der Waals surface area contributed by atoms with Gasteiger partial charge in [0.1, 0.15) is 35.9 Å². The lowest BCUT2D eigenvalue weighted by molar-refractivity contribution is 0.105. The molecule has 0 bridgehead atoms. The highest BCUT2D eigenvalue weighted by atomic mass is 19.2. The summed E-state index contributed by atoms with van der Waals surface area (Å²) in [6, 6.07) is 2.31. The fourth-order valence-corrected chi connectivity index (χ4v) is 7.33. The SMILES string of the molecule is [2H]C([2H])(Oc1nc(N2CCCO[C@@H]3[C@@H](F)[C@@H]32)c2cnc(-c3cc(N)cc4cc(F)c(F)c(C#C)c34)c(F)c2n1)[C@@]12CCCN1C[C@H](F)C2. The summed E-state index contributed by atoms with van der Waals surface area (Å²) in [6.45, 7) is -1.38. The van der Waals surface area contributed by atoms with Crippen molar-refractivity contribution in [2.24, 2.45) is 0 Å². The number of ether oxygens (including phenoxy) is 2. The third-order valence-corrected chi connectivity index (χ3v) is 9.45. The van der Waals surface area contributed by atoms with Crippen LogP contribution in [-0.4, -0.2) is 82.7 Å². The molecule has 8 nitrogen and oxygen atoms in total. The van der Waals surface area contributed by atoms with Crippen LogP contribution in [-0.2, 0) is 4.74 Å². The third kappa shape index (κ3) is 4.45. The van der Waals surface area contributed by atoms with E-state index in [4.69, 9.17) is 24.4 Å². The highest BCUT2D eigenvalue weighted by Gasteiger charge is 2.58. The summed E-state index contributed by atoms with van der Waals surface area (Å²) in [6.07, 6.45) is 4.87. The quantitative estimate of drug-likeness (QED) is 0.184. The third-order valence-electron chi connectivity index (χ3n) is 9.45. The van der Waals surface area contributed by atoms with Crippen molar-refractivity contribution in [1.29, 1.82) is 0 Å². The first-order chi connectivity index (χ1) is 22.9. The summed E-state index contributed by atoms with van der Waals surface area (Å²) in [4.78, 5) is 16.5. The van der Waals surface area contributed by atoms with E-state index in [-0.39, 0.29) is 63.9 Å². The van der Waals surface area contributed by atoms with Crippen molar-refractivity contribution in [3.05, 3.63) is 47.4 Å². The Morgan fingerprint density at radius 3 is 2.83 bits per heavy atom. The number of fused-ring (bicyclic) bond motifs is 4. The van der Waals surface area contributed by atoms with E-state index in [0.29, 0.717) is 32.4 Å². The number of aromatic nitrogens is 3. The standard InChI is InChI=1S/C33H29F5N6O2/c1-2-19-23-16(10-22(35)24(19)36)9-18(39)11-20(23)27-25(37)28-21(13-40-27)31(44-7-4-8-45-30-26(38)29(30)44)42-32(41-28)46-15-33-5-3-6-43(33)14-17(34)12-33/h1,9-11,13,17,26,29-30H,3-8,12,14-15,39H2/t17-,26+,29+,30-,33+/m1/s1/i15D2. The normalized spacial score (nSPS) is 28.4. The highest BCUT2D eigenvalue weighted by Crippen LogP contribution is 2.44. The minimum atomic E-state index is -2.50. The molecule has 0 radical (unpaired) electrons. The van der Waals surface area contributed by atoms with Crippen LogP contribution in [0.2, 0.25) is 0 Å². The average Bonchev–Trinajstić information content (AvgIpc) is 3.39. The maximum Gasteiger partial charge on any atom is 0.319 e. The van der Waals surface area contributed by atoms with Crippen molar-refractivity contribution >= 4 is 33.2 Å². The van der Waals surface area contributed by atoms with Crippen LogP contribution in [0.1, 0.15) is 34.0 Å². The average molecular weight is 639 g/mol. The Kier molecular flexibility index (Phi) is 6.22. The second-order valence-corrected chi connectivity index (χ2v) is 12.3. The monoisotopic (exact) mass is 638 g/mol. The Bertz CT molecular complexity index is 2050. The molecule has 2 aromatic heterocycles. The molecule has 0 unspecified atom stereocenters. The maximum absolute atomic E-state index is 16.9. The number of benzene rings is 2. The second-order valence-electron chi connectivity index (χ2n) is 12.3. The largest absolute Gasteiger partial charge is 0.461 e. The molecule has 0 spiro atoms. The van der Waals surface area contributed by atoms with Crippen LogP contribution >= 0.6 is 0 Å². The van der Waals surface area contributed by atoms with Gasteiger partial charge < -0.3 is 20.1 Å². The first-order valence-electron chi connectivity index (χ1n) is 16.1. The van der Waals surface area contributed by atoms with E-state index in [0.717, 1.165) is 6.07 Å². The zero-order valence-corrected chi connectivity index (χ0v) is 24.4. The van der Waals surface area contributed by atoms with E-state index in [1.54, 1.807) is 9.80 Å². The Morgan fingerprint density at radius 1 is 1.15 bits per heavy atom. The van der Waals surface area contributed by atoms with Crippen LogP contribution in [0.5, 0.6) is 6.01 Å². The van der Waals surface area contributed by atoms with Crippen LogP contribution in [0.25, 0.3) is 32.9 Å². The zero-order valence-electron chi connectivity index (χ0n) is 26.4. The zero-order chi connectivity index (χ0) is 33.7. The molecule has 2 N–H and O–H groups in total. The van der Waals surface area contributed by atoms with Crippen molar-refractivity contribution in [2.45, 2.75) is 55.7 Å². The summed E-state index contributed by atoms with van der Waals surface area (Å²) in [7, 11) is 0. The lowest BCUT2D eigenvalue weighted by Crippen LogP contribution is -2.43. The molecule has 5 heterocycles. The second kappa shape index (κ2) is 10.6. The number of hydrogen-bond acceptors (Lipinski definition) is 8. The van der Waals surface area contributed by atoms with Crippen LogP contribution in [0, 0.1) is 29.8 Å². The number of halogens is 5. The maximum atomic E-state index is 16.9. The first kappa shape index (κ1) is 26.9. The van der Waals surface area contributed by atoms with E-state index < -0.39 is 65.6 Å². The van der Waals surface area contributed by atoms with Crippen LogP contribution in [0.3, 0.4) is 0 Å². The summed E-state index contributed by atoms with van der Waals surface area (Å²) in [5, 5.41) is 0.170. The Labute approximate surface area is 263 Å². The molecule has 1 saturated carbocycles. The molecule has 4 aliphatic rings. The molecule has 4 aromatic rings. The van der Waals surface area contributed by atoms with Gasteiger partial charge in [-0.2, -0.15) is 9.97 Å². The number of nitrogens with two attached hydrogens (primary N) is 1. The van der Waals surface area contributed by atoms with Gasteiger partial charge in [0, 0.05) is 49.0 Å². The van der Waals surface area contributed by atoms with Gasteiger partial charge in [-0.15, -0.1) is 6.42 Å². The van der Waals surface area contributed by atoms with Crippen molar-refractivity contribution < 1.29 is 34.2 Å². The van der Waals surface area contributed by atoms with Crippen LogP contribution in [0.15, 0.2) is 24.4 Å². The molecule has 2 aromatic carbocycles. The number of pyridine rings is 1. The van der Waals surface area contributed by atoms with Crippen LogP contribution < -0.4 is 15.4 Å². The molecular weight excluding hydrogens is 607 g/mol. The van der Waals surface area contributed by atoms with Gasteiger partial charge in [-0.25, -0.2) is 22.0 Å². The van der Waals surface area contributed by atoms with E-state index in [9.17, 15) is 17.6 Å². The number of alkyl halides is 2. The fraction of sp³-hybridized carbons (Fsp3) is 0.424. The van der Waals surface area contributed by atoms with Crippen molar-refractivity contribution in [3.63, 3.8) is 0 Å². The summed E-state index contributed by atoms with van der Waals surface area (Å²) < 4.78 is 105. The molecule has 1 aliphatic carbocycles. The van der Waals surface area contributed by atoms with Gasteiger partial charge in [0.05, 0.1) is 25.3 Å². The van der Waals surface area contributed by atoms with Gasteiger partial charge in [-0.05, 0) is 49.4 Å². The summed E-state index contributed by atoms with van der Waals surface area (Å²) >= 11 is 0. The molecule has 3 aliphatic heterocycles. The van der Waals surface area contributed by atoms with E-state index in [1.165, 1.54) is 18.3 Å². The topological polar surface area (TPSA) is 89.6 Å². The number of rotatable bonds is 5. The molecular formula is C33H29F5N6O2. The van der Waals surface area contributed by atoms with Gasteiger partial charge in [0.25, 0.3) is 0 Å². The molecule has 3 saturated heterocycles.